The molecule has 0 bridgehead atoms. The molecule has 0 saturated carbocycles. The minimum Gasteiger partial charge on any atom is -0.0880 e. The van der Waals surface area contributed by atoms with Crippen LogP contribution in [0.15, 0.2) is 12.2 Å². The van der Waals surface area contributed by atoms with Crippen LogP contribution in [0.1, 0.15) is 59.8 Å². The van der Waals surface area contributed by atoms with Crippen LogP contribution in [0, 0.1) is 17.3 Å². The van der Waals surface area contributed by atoms with Crippen molar-refractivity contribution in [2.45, 2.75) is 59.8 Å². The van der Waals surface area contributed by atoms with Crippen molar-refractivity contribution in [2.24, 2.45) is 17.3 Å². The van der Waals surface area contributed by atoms with Crippen molar-refractivity contribution >= 4 is 0 Å². The molecule has 0 spiro atoms. The van der Waals surface area contributed by atoms with Crippen LogP contribution in [-0.4, -0.2) is 0 Å². The molecule has 0 N–H and O–H groups in total. The fourth-order valence-corrected chi connectivity index (χ4v) is 2.28. The third-order valence-electron chi connectivity index (χ3n) is 4.26. The summed E-state index contributed by atoms with van der Waals surface area (Å²) in [4.78, 5) is 0. The van der Waals surface area contributed by atoms with Crippen LogP contribution in [0.25, 0.3) is 0 Å². The second-order valence-electron chi connectivity index (χ2n) is 5.44. The summed E-state index contributed by atoms with van der Waals surface area (Å²) in [5.74, 6) is 1.77. The lowest BCUT2D eigenvalue weighted by atomic mass is 9.69. The van der Waals surface area contributed by atoms with Gasteiger partial charge in [-0.1, -0.05) is 46.3 Å². The third-order valence-corrected chi connectivity index (χ3v) is 4.26. The first-order valence-electron chi connectivity index (χ1n) is 6.26. The van der Waals surface area contributed by atoms with Gasteiger partial charge in [-0.15, -0.1) is 0 Å². The van der Waals surface area contributed by atoms with E-state index in [0.717, 1.165) is 11.8 Å². The van der Waals surface area contributed by atoms with Crippen LogP contribution < -0.4 is 0 Å². The summed E-state index contributed by atoms with van der Waals surface area (Å²) in [6.45, 7) is 9.53. The fourth-order valence-electron chi connectivity index (χ4n) is 2.28. The second kappa shape index (κ2) is 5.00. The Bertz CT molecular complexity index is 192. The maximum atomic E-state index is 2.48. The minimum absolute atomic E-state index is 0.488. The summed E-state index contributed by atoms with van der Waals surface area (Å²) >= 11 is 0. The molecule has 0 aromatic carbocycles. The van der Waals surface area contributed by atoms with E-state index in [1.807, 2.05) is 0 Å². The molecule has 0 aromatic rings. The molecule has 1 aliphatic carbocycles. The summed E-state index contributed by atoms with van der Waals surface area (Å²) in [5, 5.41) is 0. The zero-order valence-corrected chi connectivity index (χ0v) is 10.3. The lowest BCUT2D eigenvalue weighted by molar-refractivity contribution is 0.213. The molecule has 1 aliphatic rings. The smallest absolute Gasteiger partial charge is 0.0121 e. The Kier molecular flexibility index (Phi) is 4.22. The SMILES string of the molecule is CCC(C)CCC1(C)C=CCCC1C. The Morgan fingerprint density at radius 2 is 2.21 bits per heavy atom. The highest BCUT2D eigenvalue weighted by Gasteiger charge is 2.29. The number of allylic oxidation sites excluding steroid dienone is 2. The van der Waals surface area contributed by atoms with Gasteiger partial charge in [0.25, 0.3) is 0 Å². The van der Waals surface area contributed by atoms with Gasteiger partial charge in [0.15, 0.2) is 0 Å². The molecule has 0 fully saturated rings. The summed E-state index contributed by atoms with van der Waals surface area (Å²) < 4.78 is 0. The average Bonchev–Trinajstić information content (AvgIpc) is 2.19. The maximum Gasteiger partial charge on any atom is -0.0121 e. The Hall–Kier alpha value is -0.260. The molecule has 0 nitrogen and oxygen atoms in total. The molecule has 3 unspecified atom stereocenters. The van der Waals surface area contributed by atoms with Gasteiger partial charge in [0, 0.05) is 0 Å². The van der Waals surface area contributed by atoms with Crippen molar-refractivity contribution in [3.63, 3.8) is 0 Å². The monoisotopic (exact) mass is 194 g/mol. The molecule has 0 saturated heterocycles. The predicted molar refractivity (Wildman–Crippen MR) is 64.3 cm³/mol. The maximum absolute atomic E-state index is 2.48. The van der Waals surface area contributed by atoms with Gasteiger partial charge in [-0.3, -0.25) is 0 Å². The van der Waals surface area contributed by atoms with Crippen LogP contribution >= 0.6 is 0 Å². The van der Waals surface area contributed by atoms with Crippen LogP contribution in [0.5, 0.6) is 0 Å². The van der Waals surface area contributed by atoms with Gasteiger partial charge in [-0.25, -0.2) is 0 Å². The molecule has 0 aliphatic heterocycles. The molecule has 82 valence electrons. The van der Waals surface area contributed by atoms with Gasteiger partial charge in [0.1, 0.15) is 0 Å². The highest BCUT2D eigenvalue weighted by Crippen LogP contribution is 2.40. The van der Waals surface area contributed by atoms with Crippen molar-refractivity contribution in [3.05, 3.63) is 12.2 Å². The average molecular weight is 194 g/mol. The third kappa shape index (κ3) is 2.87. The van der Waals surface area contributed by atoms with E-state index in [9.17, 15) is 0 Å². The molecular weight excluding hydrogens is 168 g/mol. The van der Waals surface area contributed by atoms with E-state index in [2.05, 4.69) is 39.8 Å². The van der Waals surface area contributed by atoms with E-state index in [1.54, 1.807) is 0 Å². The normalized spacial score (nSPS) is 34.4. The van der Waals surface area contributed by atoms with Crippen molar-refractivity contribution < 1.29 is 0 Å². The van der Waals surface area contributed by atoms with Gasteiger partial charge in [-0.2, -0.15) is 0 Å². The fraction of sp³-hybridized carbons (Fsp3) is 0.857. The van der Waals surface area contributed by atoms with Gasteiger partial charge in [0.2, 0.25) is 0 Å². The molecule has 0 heteroatoms. The Balaban J connectivity index is 2.47. The van der Waals surface area contributed by atoms with Crippen LogP contribution in [0.2, 0.25) is 0 Å². The van der Waals surface area contributed by atoms with Gasteiger partial charge in [0.05, 0.1) is 0 Å². The van der Waals surface area contributed by atoms with Crippen molar-refractivity contribution in [2.75, 3.05) is 0 Å². The quantitative estimate of drug-likeness (QED) is 0.564. The number of rotatable bonds is 4. The van der Waals surface area contributed by atoms with E-state index in [4.69, 9.17) is 0 Å². The van der Waals surface area contributed by atoms with Gasteiger partial charge in [-0.05, 0) is 42.9 Å². The lowest BCUT2D eigenvalue weighted by Crippen LogP contribution is -2.26. The van der Waals surface area contributed by atoms with E-state index in [-0.39, 0.29) is 0 Å². The Morgan fingerprint density at radius 3 is 2.79 bits per heavy atom. The lowest BCUT2D eigenvalue weighted by Gasteiger charge is -2.36. The standard InChI is InChI=1S/C14H26/c1-5-12(2)9-11-14(4)10-7-6-8-13(14)3/h7,10,12-13H,5-6,8-9,11H2,1-4H3. The minimum atomic E-state index is 0.488. The molecule has 1 rings (SSSR count). The van der Waals surface area contributed by atoms with E-state index >= 15 is 0 Å². The number of hydrogen-bond acceptors (Lipinski definition) is 0. The van der Waals surface area contributed by atoms with Crippen LogP contribution in [-0.2, 0) is 0 Å². The molecule has 0 heterocycles. The van der Waals surface area contributed by atoms with E-state index < -0.39 is 0 Å². The second-order valence-corrected chi connectivity index (χ2v) is 5.44. The van der Waals surface area contributed by atoms with Crippen molar-refractivity contribution in [3.8, 4) is 0 Å². The van der Waals surface area contributed by atoms with Crippen LogP contribution in [0.4, 0.5) is 0 Å². The van der Waals surface area contributed by atoms with Gasteiger partial charge >= 0.3 is 0 Å². The summed E-state index contributed by atoms with van der Waals surface area (Å²) in [5.41, 5.74) is 0.488. The first-order chi connectivity index (χ1) is 6.58. The van der Waals surface area contributed by atoms with E-state index in [0.29, 0.717) is 5.41 Å². The van der Waals surface area contributed by atoms with Crippen molar-refractivity contribution in [1.82, 2.24) is 0 Å². The van der Waals surface area contributed by atoms with Crippen molar-refractivity contribution in [1.29, 1.82) is 0 Å². The zero-order valence-electron chi connectivity index (χ0n) is 10.3. The van der Waals surface area contributed by atoms with E-state index in [1.165, 1.54) is 32.1 Å². The predicted octanol–water partition coefficient (Wildman–Crippen LogP) is 4.81. The largest absolute Gasteiger partial charge is 0.0880 e. The Labute approximate surface area is 89.8 Å². The first-order valence-corrected chi connectivity index (χ1v) is 6.26. The Morgan fingerprint density at radius 1 is 1.50 bits per heavy atom. The molecule has 3 atom stereocenters. The molecule has 14 heavy (non-hydrogen) atoms. The number of hydrogen-bond donors (Lipinski definition) is 0. The summed E-state index contributed by atoms with van der Waals surface area (Å²) in [7, 11) is 0. The summed E-state index contributed by atoms with van der Waals surface area (Å²) in [6.07, 6.45) is 11.6. The summed E-state index contributed by atoms with van der Waals surface area (Å²) in [6, 6.07) is 0. The molecular formula is C14H26. The highest BCUT2D eigenvalue weighted by molar-refractivity contribution is 5.04. The first kappa shape index (κ1) is 11.8. The molecule has 0 amide bonds. The zero-order chi connectivity index (χ0) is 10.6. The highest BCUT2D eigenvalue weighted by atomic mass is 14.3. The van der Waals surface area contributed by atoms with Crippen LogP contribution in [0.3, 0.4) is 0 Å². The molecule has 0 aromatic heterocycles. The topological polar surface area (TPSA) is 0 Å². The molecule has 0 radical (unpaired) electrons. The van der Waals surface area contributed by atoms with Gasteiger partial charge < -0.3 is 0 Å².